The van der Waals surface area contributed by atoms with Gasteiger partial charge in [0.1, 0.15) is 0 Å². The smallest absolute Gasteiger partial charge is 0.236 e. The van der Waals surface area contributed by atoms with E-state index >= 15 is 0 Å². The highest BCUT2D eigenvalue weighted by Gasteiger charge is 2.37. The fourth-order valence-electron chi connectivity index (χ4n) is 3.25. The summed E-state index contributed by atoms with van der Waals surface area (Å²) in [5.41, 5.74) is 0. The molecule has 1 saturated carbocycles. The number of likely N-dealkylation sites (N-methyl/N-ethyl adjacent to an activating group) is 1. The molecule has 0 bridgehead atoms. The van der Waals surface area contributed by atoms with Crippen LogP contribution in [0, 0.1) is 17.2 Å². The molecule has 1 aliphatic heterocycles. The van der Waals surface area contributed by atoms with Gasteiger partial charge in [-0.25, -0.2) is 0 Å². The molecular weight excluding hydrogens is 254 g/mol. The van der Waals surface area contributed by atoms with E-state index in [-0.39, 0.29) is 11.8 Å². The molecule has 2 fully saturated rings. The maximum Gasteiger partial charge on any atom is 0.236 e. The highest BCUT2D eigenvalue weighted by Crippen LogP contribution is 2.29. The predicted octanol–water partition coefficient (Wildman–Crippen LogP) is 1.25. The van der Waals surface area contributed by atoms with Crippen LogP contribution in [0.15, 0.2) is 0 Å². The second kappa shape index (κ2) is 7.05. The zero-order chi connectivity index (χ0) is 14.5. The average Bonchev–Trinajstić information content (AvgIpc) is 2.93. The molecule has 0 radical (unpaired) electrons. The van der Waals surface area contributed by atoms with Crippen LogP contribution in [0.25, 0.3) is 0 Å². The third kappa shape index (κ3) is 3.50. The minimum absolute atomic E-state index is 0.109. The van der Waals surface area contributed by atoms with Gasteiger partial charge in [0, 0.05) is 25.7 Å². The van der Waals surface area contributed by atoms with Gasteiger partial charge in [0.2, 0.25) is 5.91 Å². The molecule has 0 aromatic heterocycles. The molecule has 112 valence electrons. The van der Waals surface area contributed by atoms with Crippen LogP contribution in [0.1, 0.15) is 33.1 Å². The van der Waals surface area contributed by atoms with Crippen LogP contribution in [0.3, 0.4) is 0 Å². The first-order valence-electron chi connectivity index (χ1n) is 7.68. The van der Waals surface area contributed by atoms with Crippen molar-refractivity contribution in [2.75, 3.05) is 32.8 Å². The van der Waals surface area contributed by atoms with E-state index in [1.165, 1.54) is 6.42 Å². The van der Waals surface area contributed by atoms with Crippen molar-refractivity contribution in [2.24, 2.45) is 5.92 Å². The molecule has 0 aromatic rings. The molecule has 2 rings (SSSR count). The highest BCUT2D eigenvalue weighted by molar-refractivity contribution is 5.78. The lowest BCUT2D eigenvalue weighted by Gasteiger charge is -2.38. The van der Waals surface area contributed by atoms with E-state index in [1.807, 2.05) is 13.8 Å². The summed E-state index contributed by atoms with van der Waals surface area (Å²) >= 11 is 0. The number of ether oxygens (including phenoxy) is 1. The van der Waals surface area contributed by atoms with Crippen LogP contribution in [-0.2, 0) is 9.53 Å². The van der Waals surface area contributed by atoms with Crippen molar-refractivity contribution in [1.82, 2.24) is 9.80 Å². The molecule has 1 saturated heterocycles. The highest BCUT2D eigenvalue weighted by atomic mass is 16.5. The molecule has 1 amide bonds. The molecule has 2 aliphatic rings. The number of fused-ring (bicyclic) bond motifs is 1. The average molecular weight is 279 g/mol. The molecule has 3 atom stereocenters. The van der Waals surface area contributed by atoms with Crippen molar-refractivity contribution < 1.29 is 9.53 Å². The van der Waals surface area contributed by atoms with Crippen LogP contribution >= 0.6 is 0 Å². The Labute approximate surface area is 121 Å². The van der Waals surface area contributed by atoms with E-state index in [1.54, 1.807) is 4.90 Å². The third-order valence-electron chi connectivity index (χ3n) is 4.38. The van der Waals surface area contributed by atoms with Crippen molar-refractivity contribution >= 4 is 5.91 Å². The molecule has 1 heterocycles. The lowest BCUT2D eigenvalue weighted by Crippen LogP contribution is -2.52. The summed E-state index contributed by atoms with van der Waals surface area (Å²) in [4.78, 5) is 16.5. The van der Waals surface area contributed by atoms with Gasteiger partial charge in [-0.05, 0) is 33.1 Å². The molecule has 5 heteroatoms. The Morgan fingerprint density at radius 3 is 3.05 bits per heavy atom. The number of carbonyl (C=O) groups is 1. The summed E-state index contributed by atoms with van der Waals surface area (Å²) in [6, 6.07) is 2.61. The fraction of sp³-hybridized carbons (Fsp3) is 0.867. The number of hydrogen-bond acceptors (Lipinski definition) is 4. The van der Waals surface area contributed by atoms with Crippen LogP contribution in [0.4, 0.5) is 0 Å². The van der Waals surface area contributed by atoms with E-state index in [0.717, 1.165) is 26.0 Å². The minimum atomic E-state index is -0.109. The van der Waals surface area contributed by atoms with Crippen molar-refractivity contribution in [3.8, 4) is 6.07 Å². The van der Waals surface area contributed by atoms with E-state index in [0.29, 0.717) is 31.8 Å². The first-order chi connectivity index (χ1) is 9.65. The van der Waals surface area contributed by atoms with E-state index in [4.69, 9.17) is 10.00 Å². The van der Waals surface area contributed by atoms with Crippen LogP contribution in [0.5, 0.6) is 0 Å². The molecule has 5 nitrogen and oxygen atoms in total. The largest absolute Gasteiger partial charge is 0.375 e. The van der Waals surface area contributed by atoms with Gasteiger partial charge in [-0.1, -0.05) is 0 Å². The Bertz CT molecular complexity index is 380. The van der Waals surface area contributed by atoms with Crippen LogP contribution in [-0.4, -0.2) is 60.6 Å². The number of nitrogens with zero attached hydrogens (tertiary/aromatic N) is 3. The van der Waals surface area contributed by atoms with Crippen molar-refractivity contribution in [3.63, 3.8) is 0 Å². The third-order valence-corrected chi connectivity index (χ3v) is 4.38. The molecule has 0 aromatic carbocycles. The summed E-state index contributed by atoms with van der Waals surface area (Å²) in [5.74, 6) is 0.0324. The molecule has 0 N–H and O–H groups in total. The first kappa shape index (κ1) is 15.3. The first-order valence-corrected chi connectivity index (χ1v) is 7.68. The minimum Gasteiger partial charge on any atom is -0.375 e. The van der Waals surface area contributed by atoms with Crippen LogP contribution < -0.4 is 0 Å². The Kier molecular flexibility index (Phi) is 5.38. The number of morpholine rings is 1. The summed E-state index contributed by atoms with van der Waals surface area (Å²) in [5, 5.41) is 8.89. The van der Waals surface area contributed by atoms with E-state index in [9.17, 15) is 4.79 Å². The Balaban J connectivity index is 1.90. The SMILES string of the molecule is CCN(C[C@H](C)C#N)C(=O)CN1CCO[C@H]2CCC[C@H]21. The second-order valence-electron chi connectivity index (χ2n) is 5.84. The number of nitriles is 1. The molecular formula is C15H25N3O2. The van der Waals surface area contributed by atoms with Crippen molar-refractivity contribution in [1.29, 1.82) is 5.26 Å². The Morgan fingerprint density at radius 2 is 2.35 bits per heavy atom. The maximum atomic E-state index is 12.4. The number of rotatable bonds is 5. The van der Waals surface area contributed by atoms with E-state index < -0.39 is 0 Å². The zero-order valence-corrected chi connectivity index (χ0v) is 12.5. The monoisotopic (exact) mass is 279 g/mol. The van der Waals surface area contributed by atoms with Crippen molar-refractivity contribution in [3.05, 3.63) is 0 Å². The standard InChI is InChI=1S/C15H25N3O2/c1-3-17(10-12(2)9-16)15(19)11-18-7-8-20-14-6-4-5-13(14)18/h12-14H,3-8,10-11H2,1-2H3/t12-,13-,14+/m1/s1. The normalized spacial score (nSPS) is 27.6. The van der Waals surface area contributed by atoms with Gasteiger partial charge in [0.15, 0.2) is 0 Å². The topological polar surface area (TPSA) is 56.6 Å². The zero-order valence-electron chi connectivity index (χ0n) is 12.5. The molecule has 0 spiro atoms. The Morgan fingerprint density at radius 1 is 1.55 bits per heavy atom. The molecule has 0 unspecified atom stereocenters. The fourth-order valence-corrected chi connectivity index (χ4v) is 3.25. The number of carbonyl (C=O) groups excluding carboxylic acids is 1. The van der Waals surface area contributed by atoms with Gasteiger partial charge in [-0.2, -0.15) is 5.26 Å². The van der Waals surface area contributed by atoms with Gasteiger partial charge in [0.05, 0.1) is 31.2 Å². The second-order valence-corrected chi connectivity index (χ2v) is 5.84. The lowest BCUT2D eigenvalue weighted by molar-refractivity contribution is -0.136. The summed E-state index contributed by atoms with van der Waals surface area (Å²) in [6.07, 6.45) is 3.78. The quantitative estimate of drug-likeness (QED) is 0.760. The Hall–Kier alpha value is -1.12. The predicted molar refractivity (Wildman–Crippen MR) is 76.0 cm³/mol. The summed E-state index contributed by atoms with van der Waals surface area (Å²) in [6.45, 7) is 7.08. The van der Waals surface area contributed by atoms with Gasteiger partial charge in [-0.15, -0.1) is 0 Å². The van der Waals surface area contributed by atoms with Gasteiger partial charge in [-0.3, -0.25) is 9.69 Å². The van der Waals surface area contributed by atoms with Crippen molar-refractivity contribution in [2.45, 2.75) is 45.3 Å². The summed E-state index contributed by atoms with van der Waals surface area (Å²) < 4.78 is 5.77. The van der Waals surface area contributed by atoms with Gasteiger partial charge in [0.25, 0.3) is 0 Å². The molecule has 1 aliphatic carbocycles. The number of hydrogen-bond donors (Lipinski definition) is 0. The maximum absolute atomic E-state index is 12.4. The van der Waals surface area contributed by atoms with E-state index in [2.05, 4.69) is 11.0 Å². The van der Waals surface area contributed by atoms with Crippen LogP contribution in [0.2, 0.25) is 0 Å². The lowest BCUT2D eigenvalue weighted by atomic mass is 10.1. The van der Waals surface area contributed by atoms with Gasteiger partial charge < -0.3 is 9.64 Å². The molecule has 20 heavy (non-hydrogen) atoms. The van der Waals surface area contributed by atoms with Gasteiger partial charge >= 0.3 is 0 Å². The summed E-state index contributed by atoms with van der Waals surface area (Å²) in [7, 11) is 0. The number of amides is 1.